The molecule has 3 nitrogen and oxygen atoms in total. The molecule has 0 radical (unpaired) electrons. The summed E-state index contributed by atoms with van der Waals surface area (Å²) in [6.07, 6.45) is 0. The Morgan fingerprint density at radius 3 is 3.00 bits per heavy atom. The predicted octanol–water partition coefficient (Wildman–Crippen LogP) is 1.91. The third-order valence-electron chi connectivity index (χ3n) is 2.92. The number of piperazine rings is 1. The van der Waals surface area contributed by atoms with Crippen LogP contribution in [0, 0.1) is 5.82 Å². The van der Waals surface area contributed by atoms with Gasteiger partial charge in [0.05, 0.1) is 5.56 Å². The Hall–Kier alpha value is -1.13. The normalized spacial score (nSPS) is 20.4. The standard InChI is InChI=1S/C12H14ClFN2O/c1-8-7-15-4-5-16(8)12(17)10-3-2-9(13)6-11(10)14/h2-3,6,8,15H,4-5,7H2,1H3. The Kier molecular flexibility index (Phi) is 3.64. The Morgan fingerprint density at radius 2 is 2.35 bits per heavy atom. The van der Waals surface area contributed by atoms with Crippen molar-refractivity contribution in [2.75, 3.05) is 19.6 Å². The minimum atomic E-state index is -0.562. The number of amides is 1. The number of hydrogen-bond acceptors (Lipinski definition) is 2. The minimum Gasteiger partial charge on any atom is -0.333 e. The molecule has 0 aliphatic carbocycles. The number of hydrogen-bond donors (Lipinski definition) is 1. The molecule has 5 heteroatoms. The zero-order valence-electron chi connectivity index (χ0n) is 9.54. The van der Waals surface area contributed by atoms with Crippen molar-refractivity contribution >= 4 is 17.5 Å². The Morgan fingerprint density at radius 1 is 1.59 bits per heavy atom. The van der Waals surface area contributed by atoms with Gasteiger partial charge in [-0.05, 0) is 25.1 Å². The van der Waals surface area contributed by atoms with Gasteiger partial charge in [0.15, 0.2) is 0 Å². The maximum absolute atomic E-state index is 13.6. The number of nitrogens with zero attached hydrogens (tertiary/aromatic N) is 1. The molecule has 1 aliphatic heterocycles. The average molecular weight is 257 g/mol. The van der Waals surface area contributed by atoms with Crippen LogP contribution in [0.1, 0.15) is 17.3 Å². The first-order chi connectivity index (χ1) is 8.09. The van der Waals surface area contributed by atoms with Crippen molar-refractivity contribution < 1.29 is 9.18 Å². The molecule has 0 spiro atoms. The number of rotatable bonds is 1. The lowest BCUT2D eigenvalue weighted by atomic mass is 10.1. The highest BCUT2D eigenvalue weighted by molar-refractivity contribution is 6.30. The fourth-order valence-corrected chi connectivity index (χ4v) is 2.12. The van der Waals surface area contributed by atoms with Crippen LogP contribution in [0.4, 0.5) is 4.39 Å². The van der Waals surface area contributed by atoms with Crippen LogP contribution in [0.2, 0.25) is 5.02 Å². The fraction of sp³-hybridized carbons (Fsp3) is 0.417. The topological polar surface area (TPSA) is 32.3 Å². The van der Waals surface area contributed by atoms with Crippen molar-refractivity contribution in [3.8, 4) is 0 Å². The third-order valence-corrected chi connectivity index (χ3v) is 3.16. The van der Waals surface area contributed by atoms with Crippen molar-refractivity contribution in [2.45, 2.75) is 13.0 Å². The van der Waals surface area contributed by atoms with E-state index in [9.17, 15) is 9.18 Å². The second kappa shape index (κ2) is 5.02. The molecule has 2 rings (SSSR count). The van der Waals surface area contributed by atoms with Crippen molar-refractivity contribution in [1.29, 1.82) is 0 Å². The zero-order chi connectivity index (χ0) is 12.4. The number of benzene rings is 1. The van der Waals surface area contributed by atoms with E-state index in [2.05, 4.69) is 5.32 Å². The maximum atomic E-state index is 13.6. The van der Waals surface area contributed by atoms with Gasteiger partial charge >= 0.3 is 0 Å². The molecule has 0 bridgehead atoms. The van der Waals surface area contributed by atoms with E-state index in [4.69, 9.17) is 11.6 Å². The number of halogens is 2. The molecule has 1 unspecified atom stereocenters. The van der Waals surface area contributed by atoms with Gasteiger partial charge in [-0.3, -0.25) is 4.79 Å². The summed E-state index contributed by atoms with van der Waals surface area (Å²) >= 11 is 5.66. The van der Waals surface area contributed by atoms with Gasteiger partial charge in [0.1, 0.15) is 5.82 Å². The molecule has 1 aromatic rings. The van der Waals surface area contributed by atoms with Crippen LogP contribution < -0.4 is 5.32 Å². The first-order valence-electron chi connectivity index (χ1n) is 5.56. The van der Waals surface area contributed by atoms with E-state index < -0.39 is 5.82 Å². The monoisotopic (exact) mass is 256 g/mol. The summed E-state index contributed by atoms with van der Waals surface area (Å²) in [5, 5.41) is 3.48. The smallest absolute Gasteiger partial charge is 0.257 e. The van der Waals surface area contributed by atoms with E-state index in [-0.39, 0.29) is 17.5 Å². The summed E-state index contributed by atoms with van der Waals surface area (Å²) in [4.78, 5) is 13.8. The summed E-state index contributed by atoms with van der Waals surface area (Å²) in [7, 11) is 0. The minimum absolute atomic E-state index is 0.0753. The first-order valence-corrected chi connectivity index (χ1v) is 5.94. The van der Waals surface area contributed by atoms with E-state index in [1.165, 1.54) is 18.2 Å². The second-order valence-corrected chi connectivity index (χ2v) is 4.61. The molecule has 0 aromatic heterocycles. The number of carbonyl (C=O) groups excluding carboxylic acids is 1. The largest absolute Gasteiger partial charge is 0.333 e. The molecule has 1 aromatic carbocycles. The zero-order valence-corrected chi connectivity index (χ0v) is 10.3. The predicted molar refractivity (Wildman–Crippen MR) is 64.8 cm³/mol. The van der Waals surface area contributed by atoms with E-state index in [0.717, 1.165) is 13.1 Å². The summed E-state index contributed by atoms with van der Waals surface area (Å²) in [6.45, 7) is 4.02. The summed E-state index contributed by atoms with van der Waals surface area (Å²) in [5.41, 5.74) is 0.0863. The molecule has 1 saturated heterocycles. The van der Waals surface area contributed by atoms with Crippen molar-refractivity contribution in [3.63, 3.8) is 0 Å². The Balaban J connectivity index is 2.24. The fourth-order valence-electron chi connectivity index (χ4n) is 1.96. The lowest BCUT2D eigenvalue weighted by Gasteiger charge is -2.34. The quantitative estimate of drug-likeness (QED) is 0.833. The highest BCUT2D eigenvalue weighted by Gasteiger charge is 2.25. The van der Waals surface area contributed by atoms with Crippen LogP contribution in [-0.2, 0) is 0 Å². The lowest BCUT2D eigenvalue weighted by molar-refractivity contribution is 0.0651. The van der Waals surface area contributed by atoms with Gasteiger partial charge in [-0.15, -0.1) is 0 Å². The Bertz CT molecular complexity index is 439. The van der Waals surface area contributed by atoms with Gasteiger partial charge in [-0.1, -0.05) is 11.6 Å². The van der Waals surface area contributed by atoms with E-state index in [1.54, 1.807) is 4.90 Å². The van der Waals surface area contributed by atoms with Crippen LogP contribution in [0.5, 0.6) is 0 Å². The molecular formula is C12H14ClFN2O. The molecule has 1 amide bonds. The molecule has 1 atom stereocenters. The second-order valence-electron chi connectivity index (χ2n) is 4.18. The van der Waals surface area contributed by atoms with Crippen molar-refractivity contribution in [2.24, 2.45) is 0 Å². The van der Waals surface area contributed by atoms with Crippen LogP contribution in [0.15, 0.2) is 18.2 Å². The molecule has 92 valence electrons. The van der Waals surface area contributed by atoms with Crippen LogP contribution in [0.3, 0.4) is 0 Å². The van der Waals surface area contributed by atoms with E-state index in [0.29, 0.717) is 11.6 Å². The van der Waals surface area contributed by atoms with Gasteiger partial charge in [-0.2, -0.15) is 0 Å². The summed E-state index contributed by atoms with van der Waals surface area (Å²) in [5.74, 6) is -0.832. The maximum Gasteiger partial charge on any atom is 0.257 e. The highest BCUT2D eigenvalue weighted by Crippen LogP contribution is 2.17. The van der Waals surface area contributed by atoms with Gasteiger partial charge < -0.3 is 10.2 Å². The number of nitrogens with one attached hydrogen (secondary N) is 1. The van der Waals surface area contributed by atoms with E-state index >= 15 is 0 Å². The first kappa shape index (κ1) is 12.3. The van der Waals surface area contributed by atoms with Gasteiger partial charge in [0.2, 0.25) is 0 Å². The molecule has 0 saturated carbocycles. The summed E-state index contributed by atoms with van der Waals surface area (Å²) in [6, 6.07) is 4.22. The third kappa shape index (κ3) is 2.58. The molecule has 17 heavy (non-hydrogen) atoms. The van der Waals surface area contributed by atoms with Crippen molar-refractivity contribution in [3.05, 3.63) is 34.6 Å². The van der Waals surface area contributed by atoms with Gasteiger partial charge in [-0.25, -0.2) is 4.39 Å². The Labute approximate surface area is 105 Å². The van der Waals surface area contributed by atoms with Crippen molar-refractivity contribution in [1.82, 2.24) is 10.2 Å². The van der Waals surface area contributed by atoms with Crippen LogP contribution in [-0.4, -0.2) is 36.5 Å². The molecular weight excluding hydrogens is 243 g/mol. The van der Waals surface area contributed by atoms with Gasteiger partial charge in [0, 0.05) is 30.7 Å². The van der Waals surface area contributed by atoms with Crippen LogP contribution >= 0.6 is 11.6 Å². The molecule has 1 fully saturated rings. The molecule has 1 heterocycles. The SMILES string of the molecule is CC1CNCCN1C(=O)c1ccc(Cl)cc1F. The lowest BCUT2D eigenvalue weighted by Crippen LogP contribution is -2.52. The summed E-state index contributed by atoms with van der Waals surface area (Å²) < 4.78 is 13.6. The number of carbonyl (C=O) groups is 1. The van der Waals surface area contributed by atoms with E-state index in [1.807, 2.05) is 6.92 Å². The van der Waals surface area contributed by atoms with Crippen LogP contribution in [0.25, 0.3) is 0 Å². The highest BCUT2D eigenvalue weighted by atomic mass is 35.5. The van der Waals surface area contributed by atoms with Gasteiger partial charge in [0.25, 0.3) is 5.91 Å². The molecule has 1 N–H and O–H groups in total. The molecule has 1 aliphatic rings. The average Bonchev–Trinajstić information content (AvgIpc) is 2.29.